The van der Waals surface area contributed by atoms with Gasteiger partial charge in [0.2, 0.25) is 11.7 Å². The lowest BCUT2D eigenvalue weighted by molar-refractivity contribution is 0.0203. The van der Waals surface area contributed by atoms with Crippen molar-refractivity contribution in [2.45, 2.75) is 63.9 Å². The molecule has 164 valence electrons. The Balaban J connectivity index is 1.39. The molecule has 3 aromatic rings. The molecule has 0 aromatic carbocycles. The zero-order valence-electron chi connectivity index (χ0n) is 17.9. The minimum absolute atomic E-state index is 0.100. The Morgan fingerprint density at radius 2 is 1.94 bits per heavy atom. The summed E-state index contributed by atoms with van der Waals surface area (Å²) in [5.74, 6) is 1.53. The summed E-state index contributed by atoms with van der Waals surface area (Å²) in [6, 6.07) is 1.59. The number of hydrogen-bond donors (Lipinski definition) is 1. The zero-order chi connectivity index (χ0) is 21.8. The number of carbonyl (C=O) groups excluding carboxylic acids is 1. The molecule has 3 aromatic heterocycles. The predicted molar refractivity (Wildman–Crippen MR) is 111 cm³/mol. The molecular weight excluding hydrogens is 400 g/mol. The van der Waals surface area contributed by atoms with Crippen molar-refractivity contribution in [3.63, 3.8) is 0 Å². The van der Waals surface area contributed by atoms with Crippen LogP contribution in [0.15, 0.2) is 21.6 Å². The quantitative estimate of drug-likeness (QED) is 0.683. The minimum Gasteiger partial charge on any atom is -0.444 e. The van der Waals surface area contributed by atoms with Gasteiger partial charge in [0, 0.05) is 31.0 Å². The van der Waals surface area contributed by atoms with Gasteiger partial charge in [0.25, 0.3) is 5.56 Å². The molecule has 1 saturated heterocycles. The number of piperidine rings is 1. The van der Waals surface area contributed by atoms with E-state index in [9.17, 15) is 9.59 Å². The normalized spacial score (nSPS) is 18.0. The molecule has 2 aliphatic rings. The van der Waals surface area contributed by atoms with E-state index in [2.05, 4.69) is 20.2 Å². The van der Waals surface area contributed by atoms with Crippen LogP contribution in [0.1, 0.15) is 69.9 Å². The van der Waals surface area contributed by atoms with Gasteiger partial charge < -0.3 is 19.1 Å². The maximum atomic E-state index is 12.4. The molecule has 1 aliphatic carbocycles. The number of aromatic amines is 1. The highest BCUT2D eigenvalue weighted by atomic mass is 16.6. The Labute approximate surface area is 178 Å². The molecule has 1 N–H and O–H groups in total. The first-order chi connectivity index (χ1) is 14.8. The van der Waals surface area contributed by atoms with Gasteiger partial charge in [-0.2, -0.15) is 10.1 Å². The molecule has 10 heteroatoms. The van der Waals surface area contributed by atoms with Crippen LogP contribution in [0, 0.1) is 0 Å². The van der Waals surface area contributed by atoms with Gasteiger partial charge in [-0.05, 0) is 46.5 Å². The van der Waals surface area contributed by atoms with Crippen molar-refractivity contribution in [1.82, 2.24) is 29.6 Å². The number of likely N-dealkylation sites (tertiary alicyclic amines) is 1. The smallest absolute Gasteiger partial charge is 0.410 e. The predicted octanol–water partition coefficient (Wildman–Crippen LogP) is 3.06. The fraction of sp³-hybridized carbons (Fsp3) is 0.571. The number of nitrogens with one attached hydrogen (secondary N) is 1. The van der Waals surface area contributed by atoms with Gasteiger partial charge in [-0.3, -0.25) is 4.79 Å². The number of H-pyrrole nitrogens is 1. The van der Waals surface area contributed by atoms with Crippen LogP contribution in [0.4, 0.5) is 4.79 Å². The fourth-order valence-electron chi connectivity index (χ4n) is 3.99. The molecule has 31 heavy (non-hydrogen) atoms. The molecule has 10 nitrogen and oxygen atoms in total. The first-order valence-corrected chi connectivity index (χ1v) is 10.7. The Morgan fingerprint density at radius 1 is 1.19 bits per heavy atom. The topological polar surface area (TPSA) is 119 Å². The van der Waals surface area contributed by atoms with Gasteiger partial charge in [0.15, 0.2) is 0 Å². The van der Waals surface area contributed by atoms with Gasteiger partial charge in [-0.15, -0.1) is 0 Å². The maximum Gasteiger partial charge on any atom is 0.410 e. The number of rotatable bonds is 3. The van der Waals surface area contributed by atoms with E-state index in [1.54, 1.807) is 21.7 Å². The lowest BCUT2D eigenvalue weighted by atomic mass is 9.93. The number of amides is 1. The van der Waals surface area contributed by atoms with Crippen molar-refractivity contribution >= 4 is 11.7 Å². The summed E-state index contributed by atoms with van der Waals surface area (Å²) in [5, 5.41) is 8.58. The van der Waals surface area contributed by atoms with Crippen LogP contribution in [0.3, 0.4) is 0 Å². The summed E-state index contributed by atoms with van der Waals surface area (Å²) in [4.78, 5) is 33.8. The molecule has 0 atom stereocenters. The van der Waals surface area contributed by atoms with Crippen LogP contribution in [0.2, 0.25) is 0 Å². The number of aromatic nitrogens is 5. The number of fused-ring (bicyclic) bond motifs is 1. The largest absolute Gasteiger partial charge is 0.444 e. The lowest BCUT2D eigenvalue weighted by Crippen LogP contribution is -2.41. The van der Waals surface area contributed by atoms with Crippen LogP contribution < -0.4 is 5.56 Å². The standard InChI is InChI=1S/C21H26N6O4/c1-21(2,3)30-20(29)26-8-6-12(7-9-26)15-10-16(28)23-18-14(11-22-27(15)18)17-24-19(31-25-17)13-4-5-13/h10-13H,4-9H2,1-3H3,(H,23,28). The van der Waals surface area contributed by atoms with Crippen LogP contribution in [0.25, 0.3) is 17.0 Å². The van der Waals surface area contributed by atoms with E-state index < -0.39 is 5.60 Å². The molecule has 0 unspecified atom stereocenters. The van der Waals surface area contributed by atoms with Crippen LogP contribution in [-0.2, 0) is 4.74 Å². The SMILES string of the molecule is CC(C)(C)OC(=O)N1CCC(c2cc(=O)[nH]c3c(-c4noc(C5CC5)n4)cnn23)CC1. The van der Waals surface area contributed by atoms with E-state index in [1.165, 1.54) is 0 Å². The number of nitrogens with zero attached hydrogens (tertiary/aromatic N) is 5. The number of ether oxygens (including phenoxy) is 1. The van der Waals surface area contributed by atoms with Gasteiger partial charge in [0.1, 0.15) is 11.2 Å². The molecule has 1 aliphatic heterocycles. The van der Waals surface area contributed by atoms with Crippen LogP contribution >= 0.6 is 0 Å². The number of hydrogen-bond acceptors (Lipinski definition) is 7. The van der Waals surface area contributed by atoms with Crippen molar-refractivity contribution in [3.8, 4) is 11.4 Å². The van der Waals surface area contributed by atoms with E-state index in [4.69, 9.17) is 9.26 Å². The third-order valence-corrected chi connectivity index (χ3v) is 5.71. The molecule has 0 spiro atoms. The second-order valence-electron chi connectivity index (χ2n) is 9.35. The van der Waals surface area contributed by atoms with E-state index in [1.807, 2.05) is 20.8 Å². The molecule has 5 rings (SSSR count). The fourth-order valence-corrected chi connectivity index (χ4v) is 3.99. The molecule has 2 fully saturated rings. The highest BCUT2D eigenvalue weighted by molar-refractivity contribution is 5.72. The van der Waals surface area contributed by atoms with Crippen molar-refractivity contribution in [2.75, 3.05) is 13.1 Å². The molecule has 1 saturated carbocycles. The highest BCUT2D eigenvalue weighted by Gasteiger charge is 2.31. The van der Waals surface area contributed by atoms with Crippen molar-refractivity contribution in [2.24, 2.45) is 0 Å². The molecule has 4 heterocycles. The molecule has 1 amide bonds. The summed E-state index contributed by atoms with van der Waals surface area (Å²) in [6.45, 7) is 6.71. The second-order valence-corrected chi connectivity index (χ2v) is 9.35. The first kappa shape index (κ1) is 19.8. The average molecular weight is 426 g/mol. The van der Waals surface area contributed by atoms with Crippen molar-refractivity contribution in [1.29, 1.82) is 0 Å². The molecule has 0 bridgehead atoms. The summed E-state index contributed by atoms with van der Waals surface area (Å²) in [6.07, 6.45) is 4.94. The van der Waals surface area contributed by atoms with E-state index in [0.717, 1.165) is 31.4 Å². The van der Waals surface area contributed by atoms with Crippen molar-refractivity contribution < 1.29 is 14.1 Å². The first-order valence-electron chi connectivity index (χ1n) is 10.7. The van der Waals surface area contributed by atoms with Crippen LogP contribution in [0.5, 0.6) is 0 Å². The van der Waals surface area contributed by atoms with Gasteiger partial charge >= 0.3 is 6.09 Å². The third kappa shape index (κ3) is 3.94. The summed E-state index contributed by atoms with van der Waals surface area (Å²) in [7, 11) is 0. The van der Waals surface area contributed by atoms with Crippen molar-refractivity contribution in [3.05, 3.63) is 34.2 Å². The summed E-state index contributed by atoms with van der Waals surface area (Å²) < 4.78 is 12.6. The second kappa shape index (κ2) is 7.21. The van der Waals surface area contributed by atoms with Crippen LogP contribution in [-0.4, -0.2) is 54.4 Å². The Hall–Kier alpha value is -3.17. The minimum atomic E-state index is -0.521. The highest BCUT2D eigenvalue weighted by Crippen LogP contribution is 2.39. The van der Waals surface area contributed by atoms with E-state index in [-0.39, 0.29) is 17.6 Å². The number of carbonyl (C=O) groups is 1. The van der Waals surface area contributed by atoms with Gasteiger partial charge in [0.05, 0.1) is 17.5 Å². The Kier molecular flexibility index (Phi) is 4.60. The van der Waals surface area contributed by atoms with E-state index in [0.29, 0.717) is 41.9 Å². The summed E-state index contributed by atoms with van der Waals surface area (Å²) in [5.41, 5.74) is 1.29. The summed E-state index contributed by atoms with van der Waals surface area (Å²) >= 11 is 0. The van der Waals surface area contributed by atoms with E-state index >= 15 is 0 Å². The van der Waals surface area contributed by atoms with Gasteiger partial charge in [-0.1, -0.05) is 5.16 Å². The monoisotopic (exact) mass is 426 g/mol. The third-order valence-electron chi connectivity index (χ3n) is 5.71. The Morgan fingerprint density at radius 3 is 2.61 bits per heavy atom. The zero-order valence-corrected chi connectivity index (χ0v) is 17.9. The molecular formula is C21H26N6O4. The maximum absolute atomic E-state index is 12.4. The average Bonchev–Trinajstić information content (AvgIpc) is 3.29. The lowest BCUT2D eigenvalue weighted by Gasteiger charge is -2.33. The molecule has 0 radical (unpaired) electrons. The van der Waals surface area contributed by atoms with Gasteiger partial charge in [-0.25, -0.2) is 9.31 Å². The Bertz CT molecular complexity index is 1170.